The van der Waals surface area contributed by atoms with Crippen molar-refractivity contribution in [1.29, 1.82) is 0 Å². The molecule has 1 fully saturated rings. The zero-order valence-corrected chi connectivity index (χ0v) is 11.9. The Bertz CT molecular complexity index is 484. The molecule has 110 valence electrons. The molecule has 0 aromatic heterocycles. The lowest BCUT2D eigenvalue weighted by atomic mass is 10.1. The molecule has 0 unspecified atom stereocenters. The molecule has 0 spiro atoms. The van der Waals surface area contributed by atoms with Crippen molar-refractivity contribution in [3.63, 3.8) is 0 Å². The van der Waals surface area contributed by atoms with Gasteiger partial charge in [-0.3, -0.25) is 4.79 Å². The van der Waals surface area contributed by atoms with Crippen LogP contribution in [0.1, 0.15) is 31.2 Å². The highest BCUT2D eigenvalue weighted by molar-refractivity contribution is 5.77. The number of aryl methyl sites for hydroxylation is 1. The molecule has 3 N–H and O–H groups in total. The second-order valence-electron chi connectivity index (χ2n) is 5.31. The van der Waals surface area contributed by atoms with Crippen LogP contribution >= 0.6 is 0 Å². The lowest BCUT2D eigenvalue weighted by Crippen LogP contribution is -2.36. The van der Waals surface area contributed by atoms with E-state index in [9.17, 15) is 9.18 Å². The van der Waals surface area contributed by atoms with E-state index in [4.69, 9.17) is 5.73 Å². The smallest absolute Gasteiger partial charge is 0.224 e. The number of hydrogen-bond acceptors (Lipinski definition) is 3. The van der Waals surface area contributed by atoms with E-state index in [0.29, 0.717) is 29.9 Å². The van der Waals surface area contributed by atoms with Gasteiger partial charge in [-0.1, -0.05) is 0 Å². The van der Waals surface area contributed by atoms with Gasteiger partial charge in [0.25, 0.3) is 0 Å². The highest BCUT2D eigenvalue weighted by atomic mass is 19.1. The van der Waals surface area contributed by atoms with Crippen molar-refractivity contribution in [2.24, 2.45) is 0 Å². The van der Waals surface area contributed by atoms with E-state index < -0.39 is 0 Å². The molecule has 1 aliphatic rings. The van der Waals surface area contributed by atoms with Crippen molar-refractivity contribution >= 4 is 17.3 Å². The van der Waals surface area contributed by atoms with Gasteiger partial charge in [-0.25, -0.2) is 4.39 Å². The summed E-state index contributed by atoms with van der Waals surface area (Å²) in [7, 11) is 0. The fraction of sp³-hybridized carbons (Fsp3) is 0.533. The summed E-state index contributed by atoms with van der Waals surface area (Å²) in [5.41, 5.74) is 7.36. The predicted molar refractivity (Wildman–Crippen MR) is 79.1 cm³/mol. The summed E-state index contributed by atoms with van der Waals surface area (Å²) in [4.78, 5) is 13.9. The van der Waals surface area contributed by atoms with Crippen LogP contribution in [0.4, 0.5) is 15.8 Å². The number of piperidine rings is 1. The molecular weight excluding hydrogens is 257 g/mol. The number of carbonyl (C=O) groups excluding carboxylic acids is 1. The predicted octanol–water partition coefficient (Wildman–Crippen LogP) is 2.53. The van der Waals surface area contributed by atoms with Gasteiger partial charge in [0.1, 0.15) is 5.82 Å². The maximum atomic E-state index is 13.3. The molecule has 0 saturated carbocycles. The van der Waals surface area contributed by atoms with Gasteiger partial charge in [0.05, 0.1) is 11.4 Å². The lowest BCUT2D eigenvalue weighted by molar-refractivity contribution is -0.131. The second kappa shape index (κ2) is 6.59. The van der Waals surface area contributed by atoms with E-state index in [2.05, 4.69) is 5.32 Å². The minimum absolute atomic E-state index is 0.176. The molecule has 1 heterocycles. The van der Waals surface area contributed by atoms with Crippen LogP contribution in [0.15, 0.2) is 12.1 Å². The maximum absolute atomic E-state index is 13.3. The zero-order valence-electron chi connectivity index (χ0n) is 11.9. The van der Waals surface area contributed by atoms with Gasteiger partial charge >= 0.3 is 0 Å². The molecule has 0 bridgehead atoms. The SMILES string of the molecule is Cc1cc(NCCC(=O)N2CCCCC2)c(N)cc1F. The number of rotatable bonds is 4. The first-order chi connectivity index (χ1) is 9.58. The Morgan fingerprint density at radius 1 is 1.35 bits per heavy atom. The van der Waals surface area contributed by atoms with Gasteiger partial charge in [-0.05, 0) is 43.9 Å². The standard InChI is InChI=1S/C15H22FN3O/c1-11-9-14(13(17)10-12(11)16)18-6-5-15(20)19-7-3-2-4-8-19/h9-10,18H,2-8,17H2,1H3. The molecule has 1 aromatic rings. The van der Waals surface area contributed by atoms with Crippen molar-refractivity contribution in [2.75, 3.05) is 30.7 Å². The average Bonchev–Trinajstić information content (AvgIpc) is 2.45. The highest BCUT2D eigenvalue weighted by Gasteiger charge is 2.15. The number of benzene rings is 1. The highest BCUT2D eigenvalue weighted by Crippen LogP contribution is 2.22. The summed E-state index contributed by atoms with van der Waals surface area (Å²) in [5, 5.41) is 3.11. The number of likely N-dealkylation sites (tertiary alicyclic amines) is 1. The normalized spacial score (nSPS) is 15.2. The van der Waals surface area contributed by atoms with Gasteiger partial charge in [0.15, 0.2) is 0 Å². The van der Waals surface area contributed by atoms with Crippen LogP contribution in [0, 0.1) is 12.7 Å². The van der Waals surface area contributed by atoms with E-state index in [1.165, 1.54) is 12.5 Å². The van der Waals surface area contributed by atoms with Crippen molar-refractivity contribution < 1.29 is 9.18 Å². The number of nitrogens with zero attached hydrogens (tertiary/aromatic N) is 1. The number of amides is 1. The van der Waals surface area contributed by atoms with Crippen molar-refractivity contribution in [2.45, 2.75) is 32.6 Å². The number of carbonyl (C=O) groups is 1. The van der Waals surface area contributed by atoms with Crippen LogP contribution in [-0.2, 0) is 4.79 Å². The average molecular weight is 279 g/mol. The first kappa shape index (κ1) is 14.6. The number of halogens is 1. The van der Waals surface area contributed by atoms with Gasteiger partial charge in [0, 0.05) is 26.1 Å². The van der Waals surface area contributed by atoms with Crippen LogP contribution in [0.5, 0.6) is 0 Å². The third-order valence-corrected chi connectivity index (χ3v) is 3.69. The molecule has 4 nitrogen and oxygen atoms in total. The molecule has 0 radical (unpaired) electrons. The molecule has 2 rings (SSSR count). The molecule has 20 heavy (non-hydrogen) atoms. The zero-order chi connectivity index (χ0) is 14.5. The number of hydrogen-bond donors (Lipinski definition) is 2. The third-order valence-electron chi connectivity index (χ3n) is 3.69. The number of nitrogens with two attached hydrogens (primary N) is 1. The lowest BCUT2D eigenvalue weighted by Gasteiger charge is -2.26. The van der Waals surface area contributed by atoms with Gasteiger partial charge in [-0.15, -0.1) is 0 Å². The fourth-order valence-corrected chi connectivity index (χ4v) is 2.46. The fourth-order valence-electron chi connectivity index (χ4n) is 2.46. The Balaban J connectivity index is 1.83. The van der Waals surface area contributed by atoms with Crippen LogP contribution in [0.2, 0.25) is 0 Å². The van der Waals surface area contributed by atoms with Crippen molar-refractivity contribution in [3.8, 4) is 0 Å². The molecule has 0 aliphatic carbocycles. The van der Waals surface area contributed by atoms with Crippen molar-refractivity contribution in [1.82, 2.24) is 4.90 Å². The van der Waals surface area contributed by atoms with Crippen molar-refractivity contribution in [3.05, 3.63) is 23.5 Å². The third kappa shape index (κ3) is 3.62. The maximum Gasteiger partial charge on any atom is 0.224 e. The quantitative estimate of drug-likeness (QED) is 0.833. The summed E-state index contributed by atoms with van der Waals surface area (Å²) in [6, 6.07) is 2.99. The minimum atomic E-state index is -0.308. The van der Waals surface area contributed by atoms with Gasteiger partial charge in [0.2, 0.25) is 5.91 Å². The number of anilines is 2. The Morgan fingerprint density at radius 3 is 2.75 bits per heavy atom. The van der Waals surface area contributed by atoms with Crippen LogP contribution < -0.4 is 11.1 Å². The largest absolute Gasteiger partial charge is 0.397 e. The summed E-state index contributed by atoms with van der Waals surface area (Å²) >= 11 is 0. The van der Waals surface area contributed by atoms with E-state index in [1.807, 2.05) is 4.90 Å². The summed E-state index contributed by atoms with van der Waals surface area (Å²) < 4.78 is 13.3. The second-order valence-corrected chi connectivity index (χ2v) is 5.31. The Morgan fingerprint density at radius 2 is 2.05 bits per heavy atom. The van der Waals surface area contributed by atoms with E-state index in [-0.39, 0.29) is 11.7 Å². The van der Waals surface area contributed by atoms with E-state index >= 15 is 0 Å². The Kier molecular flexibility index (Phi) is 4.82. The minimum Gasteiger partial charge on any atom is -0.397 e. The molecule has 1 amide bonds. The topological polar surface area (TPSA) is 58.4 Å². The summed E-state index contributed by atoms with van der Waals surface area (Å²) in [5.74, 6) is -0.132. The molecule has 1 saturated heterocycles. The molecule has 5 heteroatoms. The Labute approximate surface area is 119 Å². The molecule has 1 aliphatic heterocycles. The van der Waals surface area contributed by atoms with E-state index in [1.54, 1.807) is 13.0 Å². The Hall–Kier alpha value is -1.78. The molecular formula is C15H22FN3O. The molecule has 1 aromatic carbocycles. The van der Waals surface area contributed by atoms with Gasteiger partial charge < -0.3 is 16.0 Å². The molecule has 0 atom stereocenters. The summed E-state index contributed by atoms with van der Waals surface area (Å²) in [6.45, 7) is 3.96. The van der Waals surface area contributed by atoms with Gasteiger partial charge in [-0.2, -0.15) is 0 Å². The van der Waals surface area contributed by atoms with Crippen LogP contribution in [-0.4, -0.2) is 30.4 Å². The number of nitrogens with one attached hydrogen (secondary N) is 1. The van der Waals surface area contributed by atoms with Crippen LogP contribution in [0.25, 0.3) is 0 Å². The monoisotopic (exact) mass is 279 g/mol. The van der Waals surface area contributed by atoms with E-state index in [0.717, 1.165) is 25.9 Å². The van der Waals surface area contributed by atoms with Crippen LogP contribution in [0.3, 0.4) is 0 Å². The first-order valence-corrected chi connectivity index (χ1v) is 7.15. The first-order valence-electron chi connectivity index (χ1n) is 7.15. The number of nitrogen functional groups attached to an aromatic ring is 1. The summed E-state index contributed by atoms with van der Waals surface area (Å²) in [6.07, 6.45) is 3.86.